The number of amides is 2. The van der Waals surface area contributed by atoms with Crippen LogP contribution in [0.15, 0.2) is 36.9 Å². The van der Waals surface area contributed by atoms with Gasteiger partial charge in [0.2, 0.25) is 0 Å². The quantitative estimate of drug-likeness (QED) is 0.560. The second-order valence-corrected chi connectivity index (χ2v) is 4.99. The first-order valence-corrected chi connectivity index (χ1v) is 6.96. The van der Waals surface area contributed by atoms with Gasteiger partial charge in [-0.2, -0.15) is 0 Å². The van der Waals surface area contributed by atoms with Crippen LogP contribution in [0.25, 0.3) is 0 Å². The van der Waals surface area contributed by atoms with E-state index in [2.05, 4.69) is 22.1 Å². The first-order valence-electron chi connectivity index (χ1n) is 6.96. The SMILES string of the molecule is C=CCNC(=O)c1cccc(C(=O)NCCCN(C)C)c1. The molecule has 2 N–H and O–H groups in total. The van der Waals surface area contributed by atoms with Gasteiger partial charge in [-0.15, -0.1) is 6.58 Å². The van der Waals surface area contributed by atoms with Gasteiger partial charge in [0.05, 0.1) is 0 Å². The Labute approximate surface area is 126 Å². The molecular weight excluding hydrogens is 266 g/mol. The fraction of sp³-hybridized carbons (Fsp3) is 0.375. The van der Waals surface area contributed by atoms with Gasteiger partial charge in [-0.05, 0) is 45.3 Å². The van der Waals surface area contributed by atoms with E-state index in [0.29, 0.717) is 24.2 Å². The highest BCUT2D eigenvalue weighted by Gasteiger charge is 2.09. The smallest absolute Gasteiger partial charge is 0.251 e. The van der Waals surface area contributed by atoms with Crippen LogP contribution in [0, 0.1) is 0 Å². The highest BCUT2D eigenvalue weighted by molar-refractivity contribution is 5.99. The maximum absolute atomic E-state index is 12.0. The summed E-state index contributed by atoms with van der Waals surface area (Å²) in [7, 11) is 3.99. The monoisotopic (exact) mass is 289 g/mol. The molecule has 1 aromatic carbocycles. The predicted octanol–water partition coefficient (Wildman–Crippen LogP) is 1.28. The molecule has 0 aliphatic rings. The minimum Gasteiger partial charge on any atom is -0.352 e. The fourth-order valence-electron chi connectivity index (χ4n) is 1.77. The largest absolute Gasteiger partial charge is 0.352 e. The van der Waals surface area contributed by atoms with E-state index in [1.165, 1.54) is 0 Å². The van der Waals surface area contributed by atoms with Crippen LogP contribution in [0.4, 0.5) is 0 Å². The van der Waals surface area contributed by atoms with Crippen LogP contribution in [0.1, 0.15) is 27.1 Å². The highest BCUT2D eigenvalue weighted by atomic mass is 16.2. The molecule has 0 aliphatic heterocycles. The third kappa shape index (κ3) is 6.23. The molecule has 5 nitrogen and oxygen atoms in total. The molecule has 1 rings (SSSR count). The third-order valence-corrected chi connectivity index (χ3v) is 2.86. The lowest BCUT2D eigenvalue weighted by molar-refractivity contribution is 0.0952. The van der Waals surface area contributed by atoms with E-state index in [1.54, 1.807) is 30.3 Å². The molecule has 0 aromatic heterocycles. The predicted molar refractivity (Wildman–Crippen MR) is 84.5 cm³/mol. The van der Waals surface area contributed by atoms with Gasteiger partial charge in [-0.1, -0.05) is 12.1 Å². The topological polar surface area (TPSA) is 61.4 Å². The molecule has 0 saturated heterocycles. The molecule has 0 fully saturated rings. The van der Waals surface area contributed by atoms with Gasteiger partial charge in [0.1, 0.15) is 0 Å². The van der Waals surface area contributed by atoms with Crippen molar-refractivity contribution < 1.29 is 9.59 Å². The van der Waals surface area contributed by atoms with Gasteiger partial charge >= 0.3 is 0 Å². The summed E-state index contributed by atoms with van der Waals surface area (Å²) in [5.41, 5.74) is 0.962. The van der Waals surface area contributed by atoms with Gasteiger partial charge in [-0.25, -0.2) is 0 Å². The Kier molecular flexibility index (Phi) is 7.18. The average Bonchev–Trinajstić information content (AvgIpc) is 2.48. The van der Waals surface area contributed by atoms with E-state index in [0.717, 1.165) is 13.0 Å². The van der Waals surface area contributed by atoms with E-state index >= 15 is 0 Å². The molecule has 0 saturated carbocycles. The molecule has 0 unspecified atom stereocenters. The lowest BCUT2D eigenvalue weighted by Gasteiger charge is -2.10. The number of rotatable bonds is 8. The summed E-state index contributed by atoms with van der Waals surface area (Å²) >= 11 is 0. The van der Waals surface area contributed by atoms with Crippen LogP contribution in [0.3, 0.4) is 0 Å². The number of carbonyl (C=O) groups is 2. The van der Waals surface area contributed by atoms with Crippen molar-refractivity contribution in [2.45, 2.75) is 6.42 Å². The summed E-state index contributed by atoms with van der Waals surface area (Å²) in [6, 6.07) is 6.68. The maximum Gasteiger partial charge on any atom is 0.251 e. The van der Waals surface area contributed by atoms with Crippen molar-refractivity contribution in [2.24, 2.45) is 0 Å². The van der Waals surface area contributed by atoms with Gasteiger partial charge in [-0.3, -0.25) is 9.59 Å². The number of nitrogens with one attached hydrogen (secondary N) is 2. The fourth-order valence-corrected chi connectivity index (χ4v) is 1.77. The van der Waals surface area contributed by atoms with Crippen molar-refractivity contribution in [3.8, 4) is 0 Å². The van der Waals surface area contributed by atoms with Crippen molar-refractivity contribution in [3.05, 3.63) is 48.0 Å². The number of benzene rings is 1. The van der Waals surface area contributed by atoms with Crippen LogP contribution in [0.5, 0.6) is 0 Å². The summed E-state index contributed by atoms with van der Waals surface area (Å²) in [5, 5.41) is 5.54. The van der Waals surface area contributed by atoms with Crippen LogP contribution in [-0.2, 0) is 0 Å². The lowest BCUT2D eigenvalue weighted by Crippen LogP contribution is -2.28. The van der Waals surface area contributed by atoms with Crippen molar-refractivity contribution >= 4 is 11.8 Å². The van der Waals surface area contributed by atoms with Crippen molar-refractivity contribution in [3.63, 3.8) is 0 Å². The summed E-state index contributed by atoms with van der Waals surface area (Å²) in [4.78, 5) is 25.9. The molecule has 0 atom stereocenters. The van der Waals surface area contributed by atoms with E-state index in [-0.39, 0.29) is 11.8 Å². The van der Waals surface area contributed by atoms with Crippen molar-refractivity contribution in [2.75, 3.05) is 33.7 Å². The van der Waals surface area contributed by atoms with Crippen molar-refractivity contribution in [1.29, 1.82) is 0 Å². The van der Waals surface area contributed by atoms with Gasteiger partial charge in [0, 0.05) is 24.2 Å². The molecule has 0 heterocycles. The average molecular weight is 289 g/mol. The zero-order valence-corrected chi connectivity index (χ0v) is 12.7. The van der Waals surface area contributed by atoms with E-state index in [9.17, 15) is 9.59 Å². The molecule has 0 bridgehead atoms. The van der Waals surface area contributed by atoms with Crippen LogP contribution in [0.2, 0.25) is 0 Å². The molecule has 0 aliphatic carbocycles. The first-order chi connectivity index (χ1) is 10.0. The molecular formula is C16H23N3O2. The van der Waals surface area contributed by atoms with Crippen LogP contribution < -0.4 is 10.6 Å². The summed E-state index contributed by atoms with van der Waals surface area (Å²) < 4.78 is 0. The minimum atomic E-state index is -0.211. The molecule has 0 spiro atoms. The lowest BCUT2D eigenvalue weighted by atomic mass is 10.1. The highest BCUT2D eigenvalue weighted by Crippen LogP contribution is 2.05. The molecule has 5 heteroatoms. The summed E-state index contributed by atoms with van der Waals surface area (Å²) in [6.07, 6.45) is 2.50. The second-order valence-electron chi connectivity index (χ2n) is 4.99. The number of hydrogen-bond donors (Lipinski definition) is 2. The zero-order valence-electron chi connectivity index (χ0n) is 12.7. The molecule has 1 aromatic rings. The Morgan fingerprint density at radius 3 is 2.38 bits per heavy atom. The van der Waals surface area contributed by atoms with Gasteiger partial charge < -0.3 is 15.5 Å². The van der Waals surface area contributed by atoms with Crippen LogP contribution >= 0.6 is 0 Å². The number of carbonyl (C=O) groups excluding carboxylic acids is 2. The van der Waals surface area contributed by atoms with E-state index in [1.807, 2.05) is 14.1 Å². The standard InChI is InChI=1S/C16H23N3O2/c1-4-9-17-15(20)13-7-5-8-14(12-13)16(21)18-10-6-11-19(2)3/h4-5,7-8,12H,1,6,9-11H2,2-3H3,(H,17,20)(H,18,21). The first kappa shape index (κ1) is 16.9. The van der Waals surface area contributed by atoms with Gasteiger partial charge in [0.15, 0.2) is 0 Å². The summed E-state index contributed by atoms with van der Waals surface area (Å²) in [6.45, 7) is 5.48. The third-order valence-electron chi connectivity index (χ3n) is 2.86. The Morgan fingerprint density at radius 1 is 1.19 bits per heavy atom. The number of nitrogens with zero attached hydrogens (tertiary/aromatic N) is 1. The maximum atomic E-state index is 12.0. The Morgan fingerprint density at radius 2 is 1.81 bits per heavy atom. The number of hydrogen-bond acceptors (Lipinski definition) is 3. The van der Waals surface area contributed by atoms with E-state index < -0.39 is 0 Å². The Balaban J connectivity index is 2.56. The van der Waals surface area contributed by atoms with Gasteiger partial charge in [0.25, 0.3) is 11.8 Å². The van der Waals surface area contributed by atoms with E-state index in [4.69, 9.17) is 0 Å². The summed E-state index contributed by atoms with van der Waals surface area (Å²) in [5.74, 6) is -0.371. The van der Waals surface area contributed by atoms with Crippen molar-refractivity contribution in [1.82, 2.24) is 15.5 Å². The Hall–Kier alpha value is -2.14. The minimum absolute atomic E-state index is 0.160. The zero-order chi connectivity index (χ0) is 15.7. The molecule has 21 heavy (non-hydrogen) atoms. The second kappa shape index (κ2) is 8.92. The Bertz CT molecular complexity index is 498. The molecule has 2 amide bonds. The van der Waals surface area contributed by atoms with Crippen LogP contribution in [-0.4, -0.2) is 50.4 Å². The molecule has 114 valence electrons. The molecule has 0 radical (unpaired) electrons. The normalized spacial score (nSPS) is 10.2.